The second-order valence-corrected chi connectivity index (χ2v) is 13.6. The van der Waals surface area contributed by atoms with Crippen LogP contribution in [0.25, 0.3) is 32.9 Å². The third-order valence-corrected chi connectivity index (χ3v) is 10.2. The van der Waals surface area contributed by atoms with Crippen molar-refractivity contribution in [3.63, 3.8) is 0 Å². The van der Waals surface area contributed by atoms with Gasteiger partial charge >= 0.3 is 5.97 Å². The number of rotatable bonds is 8. The number of carbonyl (C=O) groups is 2. The molecule has 0 fully saturated rings. The maximum atomic E-state index is 14.7. The van der Waals surface area contributed by atoms with E-state index in [1.54, 1.807) is 21.7 Å². The molecule has 0 saturated heterocycles. The van der Waals surface area contributed by atoms with Gasteiger partial charge in [-0.25, -0.2) is 9.78 Å². The summed E-state index contributed by atoms with van der Waals surface area (Å²) < 4.78 is 10.1. The molecule has 1 aliphatic heterocycles. The Bertz CT molecular complexity index is 2300. The van der Waals surface area contributed by atoms with E-state index in [0.29, 0.717) is 42.2 Å². The summed E-state index contributed by atoms with van der Waals surface area (Å²) in [5.41, 5.74) is 8.28. The van der Waals surface area contributed by atoms with Gasteiger partial charge in [-0.05, 0) is 99.7 Å². The van der Waals surface area contributed by atoms with Crippen LogP contribution in [0.15, 0.2) is 60.8 Å². The minimum absolute atomic E-state index is 0.0271. The number of halogens is 2. The van der Waals surface area contributed by atoms with E-state index in [0.717, 1.165) is 66.3 Å². The van der Waals surface area contributed by atoms with Gasteiger partial charge in [-0.3, -0.25) is 9.48 Å². The van der Waals surface area contributed by atoms with Crippen molar-refractivity contribution >= 4 is 62.6 Å². The SMILES string of the molecule is Cc1cc(OCCCc2c3n(c4c(-c5cn(C)nc5C)c(Cl)ccc24)[C@H](C)CN(c2ccc4nc(C(=O)O)ccc4c2)C3=O)cc(C)c1Cl. The Labute approximate surface area is 293 Å². The second kappa shape index (κ2) is 12.5. The van der Waals surface area contributed by atoms with Crippen molar-refractivity contribution in [2.75, 3.05) is 18.1 Å². The van der Waals surface area contributed by atoms with Crippen molar-refractivity contribution in [1.82, 2.24) is 19.3 Å². The van der Waals surface area contributed by atoms with Gasteiger partial charge in [0.05, 0.1) is 28.4 Å². The number of aromatic carboxylic acids is 1. The molecular weight excluding hydrogens is 661 g/mol. The Kier molecular flexibility index (Phi) is 8.37. The van der Waals surface area contributed by atoms with E-state index in [2.05, 4.69) is 21.6 Å². The summed E-state index contributed by atoms with van der Waals surface area (Å²) in [4.78, 5) is 32.3. The first-order valence-corrected chi connectivity index (χ1v) is 16.9. The fourth-order valence-corrected chi connectivity index (χ4v) is 7.44. The number of carboxylic acid groups (broad SMARTS) is 1. The predicted molar refractivity (Wildman–Crippen MR) is 194 cm³/mol. The molecule has 0 saturated carbocycles. The largest absolute Gasteiger partial charge is 0.494 e. The number of anilines is 1. The van der Waals surface area contributed by atoms with Crippen molar-refractivity contribution in [2.24, 2.45) is 7.05 Å². The molecule has 7 rings (SSSR count). The lowest BCUT2D eigenvalue weighted by atomic mass is 10.00. The van der Waals surface area contributed by atoms with Crippen LogP contribution in [0.2, 0.25) is 10.0 Å². The Morgan fingerprint density at radius 3 is 2.49 bits per heavy atom. The second-order valence-electron chi connectivity index (χ2n) is 12.8. The van der Waals surface area contributed by atoms with Crippen molar-refractivity contribution in [2.45, 2.75) is 46.6 Å². The molecule has 1 amide bonds. The Hall–Kier alpha value is -4.86. The van der Waals surface area contributed by atoms with E-state index < -0.39 is 5.97 Å². The lowest BCUT2D eigenvalue weighted by Gasteiger charge is -2.34. The zero-order valence-electron chi connectivity index (χ0n) is 27.8. The van der Waals surface area contributed by atoms with Gasteiger partial charge in [0.15, 0.2) is 0 Å². The van der Waals surface area contributed by atoms with Crippen molar-refractivity contribution in [1.29, 1.82) is 0 Å². The number of carbonyl (C=O) groups excluding carboxylic acids is 1. The summed E-state index contributed by atoms with van der Waals surface area (Å²) in [5.74, 6) is -0.439. The predicted octanol–water partition coefficient (Wildman–Crippen LogP) is 8.75. The molecule has 0 bridgehead atoms. The summed E-state index contributed by atoms with van der Waals surface area (Å²) in [6.45, 7) is 8.89. The lowest BCUT2D eigenvalue weighted by Crippen LogP contribution is -2.42. The van der Waals surface area contributed by atoms with Gasteiger partial charge in [0.25, 0.3) is 5.91 Å². The van der Waals surface area contributed by atoms with Gasteiger partial charge in [0, 0.05) is 58.4 Å². The zero-order valence-corrected chi connectivity index (χ0v) is 29.4. The van der Waals surface area contributed by atoms with Crippen LogP contribution in [-0.4, -0.2) is 49.5 Å². The fraction of sp³-hybridized carbons (Fsp3) is 0.263. The number of aromatic nitrogens is 4. The van der Waals surface area contributed by atoms with Gasteiger partial charge in [-0.15, -0.1) is 0 Å². The number of carboxylic acids is 1. The number of nitrogens with zero attached hydrogens (tertiary/aromatic N) is 5. The van der Waals surface area contributed by atoms with E-state index in [1.807, 2.05) is 70.4 Å². The molecule has 0 aliphatic carbocycles. The number of aryl methyl sites for hydroxylation is 5. The summed E-state index contributed by atoms with van der Waals surface area (Å²) in [5, 5.41) is 17.1. The zero-order chi connectivity index (χ0) is 34.7. The van der Waals surface area contributed by atoms with Crippen LogP contribution in [0, 0.1) is 20.8 Å². The number of amides is 1. The van der Waals surface area contributed by atoms with Gasteiger partial charge in [-0.2, -0.15) is 5.10 Å². The summed E-state index contributed by atoms with van der Waals surface area (Å²) in [6.07, 6.45) is 3.25. The molecule has 49 heavy (non-hydrogen) atoms. The van der Waals surface area contributed by atoms with E-state index in [9.17, 15) is 14.7 Å². The molecule has 1 aliphatic rings. The number of pyridine rings is 1. The van der Waals surface area contributed by atoms with Crippen molar-refractivity contribution in [3.05, 3.63) is 105 Å². The maximum absolute atomic E-state index is 14.7. The molecular formula is C38H35Cl2N5O4. The quantitative estimate of drug-likeness (QED) is 0.160. The van der Waals surface area contributed by atoms with Crippen LogP contribution < -0.4 is 9.64 Å². The van der Waals surface area contributed by atoms with Crippen LogP contribution in [0.1, 0.15) is 62.7 Å². The highest BCUT2D eigenvalue weighted by molar-refractivity contribution is 6.35. The average Bonchev–Trinajstić information content (AvgIpc) is 3.58. The minimum Gasteiger partial charge on any atom is -0.494 e. The summed E-state index contributed by atoms with van der Waals surface area (Å²) >= 11 is 13.4. The van der Waals surface area contributed by atoms with E-state index >= 15 is 0 Å². The number of fused-ring (bicyclic) bond motifs is 4. The minimum atomic E-state index is -1.09. The lowest BCUT2D eigenvalue weighted by molar-refractivity contribution is 0.0690. The van der Waals surface area contributed by atoms with Gasteiger partial charge < -0.3 is 19.3 Å². The van der Waals surface area contributed by atoms with Crippen LogP contribution in [0.5, 0.6) is 5.75 Å². The molecule has 0 radical (unpaired) electrons. The van der Waals surface area contributed by atoms with Crippen molar-refractivity contribution in [3.8, 4) is 16.9 Å². The molecule has 3 aromatic carbocycles. The molecule has 6 aromatic rings. The van der Waals surface area contributed by atoms with Gasteiger partial charge in [-0.1, -0.05) is 35.3 Å². The molecule has 9 nitrogen and oxygen atoms in total. The van der Waals surface area contributed by atoms with E-state index in [4.69, 9.17) is 27.9 Å². The van der Waals surface area contributed by atoms with Gasteiger partial charge in [0.2, 0.25) is 0 Å². The van der Waals surface area contributed by atoms with Gasteiger partial charge in [0.1, 0.15) is 17.1 Å². The highest BCUT2D eigenvalue weighted by Crippen LogP contribution is 2.44. The molecule has 0 spiro atoms. The van der Waals surface area contributed by atoms with E-state index in [1.165, 1.54) is 6.07 Å². The van der Waals surface area contributed by atoms with Crippen LogP contribution in [-0.2, 0) is 13.5 Å². The smallest absolute Gasteiger partial charge is 0.354 e. The Morgan fingerprint density at radius 2 is 1.80 bits per heavy atom. The maximum Gasteiger partial charge on any atom is 0.354 e. The summed E-state index contributed by atoms with van der Waals surface area (Å²) in [6, 6.07) is 16.4. The van der Waals surface area contributed by atoms with E-state index in [-0.39, 0.29) is 17.6 Å². The normalized spacial score (nSPS) is 14.6. The number of hydrogen-bond acceptors (Lipinski definition) is 5. The molecule has 1 N–H and O–H groups in total. The number of hydrogen-bond donors (Lipinski definition) is 1. The third kappa shape index (κ3) is 5.70. The number of ether oxygens (including phenoxy) is 1. The molecule has 11 heteroatoms. The molecule has 4 heterocycles. The standard InChI is InChI=1S/C38H35Cl2N5O4/c1-20-15-26(16-21(2)34(20)40)49-14-6-7-27-28-10-11-30(39)33(29-19-43(5)42-23(29)4)35(28)45-22(3)18-44(37(46)36(27)45)25-9-13-31-24(17-25)8-12-32(41-31)38(47)48/h8-13,15-17,19,22H,6-7,14,18H2,1-5H3,(H,47,48)/t22-/m1/s1. The van der Waals surface area contributed by atoms with Crippen molar-refractivity contribution < 1.29 is 19.4 Å². The monoisotopic (exact) mass is 695 g/mol. The van der Waals surface area contributed by atoms with Crippen LogP contribution in [0.4, 0.5) is 5.69 Å². The van der Waals surface area contributed by atoms with Crippen LogP contribution >= 0.6 is 23.2 Å². The third-order valence-electron chi connectivity index (χ3n) is 9.29. The molecule has 3 aromatic heterocycles. The fourth-order valence-electron chi connectivity index (χ4n) is 7.08. The first kappa shape index (κ1) is 32.7. The topological polar surface area (TPSA) is 102 Å². The first-order chi connectivity index (χ1) is 23.4. The Balaban J connectivity index is 1.32. The molecule has 1 atom stereocenters. The number of benzene rings is 3. The molecule has 250 valence electrons. The Morgan fingerprint density at radius 1 is 1.04 bits per heavy atom. The highest BCUT2D eigenvalue weighted by atomic mass is 35.5. The highest BCUT2D eigenvalue weighted by Gasteiger charge is 2.36. The average molecular weight is 697 g/mol. The summed E-state index contributed by atoms with van der Waals surface area (Å²) in [7, 11) is 1.89. The first-order valence-electron chi connectivity index (χ1n) is 16.1. The molecule has 0 unspecified atom stereocenters. The van der Waals surface area contributed by atoms with Crippen LogP contribution in [0.3, 0.4) is 0 Å².